The third kappa shape index (κ3) is 2.36. The first-order valence-corrected chi connectivity index (χ1v) is 8.24. The molecule has 120 valence electrons. The van der Waals surface area contributed by atoms with Crippen LogP contribution in [0.1, 0.15) is 34.7 Å². The van der Waals surface area contributed by atoms with Crippen molar-refractivity contribution in [1.82, 2.24) is 14.5 Å². The fraction of sp³-hybridized carbons (Fsp3) is 0.444. The highest BCUT2D eigenvalue weighted by Gasteiger charge is 2.46. The number of aliphatic hydroxyl groups excluding tert-OH is 1. The Labute approximate surface area is 135 Å². The first-order valence-electron chi connectivity index (χ1n) is 8.24. The highest BCUT2D eigenvalue weighted by molar-refractivity contribution is 5.93. The quantitative estimate of drug-likeness (QED) is 0.937. The van der Waals surface area contributed by atoms with Gasteiger partial charge < -0.3 is 14.6 Å². The second-order valence-corrected chi connectivity index (χ2v) is 6.66. The largest absolute Gasteiger partial charge is 0.395 e. The fourth-order valence-electron chi connectivity index (χ4n) is 3.67. The molecule has 0 bridgehead atoms. The number of hydrogen-bond acceptors (Lipinski definition) is 3. The number of carbonyl (C=O) groups excluding carboxylic acids is 1. The van der Waals surface area contributed by atoms with Gasteiger partial charge in [0.25, 0.3) is 5.91 Å². The Balaban J connectivity index is 1.50. The van der Waals surface area contributed by atoms with Crippen molar-refractivity contribution in [2.75, 3.05) is 19.7 Å². The van der Waals surface area contributed by atoms with Gasteiger partial charge in [-0.05, 0) is 18.4 Å². The molecule has 0 spiro atoms. The van der Waals surface area contributed by atoms with Gasteiger partial charge in [-0.3, -0.25) is 4.79 Å². The molecule has 0 radical (unpaired) electrons. The van der Waals surface area contributed by atoms with Gasteiger partial charge in [0.05, 0.1) is 12.0 Å². The third-order valence-corrected chi connectivity index (χ3v) is 5.09. The van der Waals surface area contributed by atoms with Crippen LogP contribution in [0.3, 0.4) is 0 Å². The minimum Gasteiger partial charge on any atom is -0.395 e. The molecule has 2 aliphatic rings. The van der Waals surface area contributed by atoms with Crippen LogP contribution in [0.4, 0.5) is 0 Å². The van der Waals surface area contributed by atoms with Crippen LogP contribution >= 0.6 is 0 Å². The molecule has 0 unspecified atom stereocenters. The monoisotopic (exact) mass is 311 g/mol. The van der Waals surface area contributed by atoms with Gasteiger partial charge in [-0.25, -0.2) is 4.98 Å². The van der Waals surface area contributed by atoms with E-state index in [9.17, 15) is 9.90 Å². The van der Waals surface area contributed by atoms with Crippen LogP contribution in [-0.2, 0) is 18.4 Å². The molecule has 2 aromatic rings. The second-order valence-electron chi connectivity index (χ2n) is 6.66. The highest BCUT2D eigenvalue weighted by Crippen LogP contribution is 2.35. The average Bonchev–Trinajstić information content (AvgIpc) is 2.99. The van der Waals surface area contributed by atoms with Crippen LogP contribution < -0.4 is 0 Å². The lowest BCUT2D eigenvalue weighted by molar-refractivity contribution is 0.0174. The number of likely N-dealkylation sites (tertiary alicyclic amines) is 1. The predicted octanol–water partition coefficient (Wildman–Crippen LogP) is 1.61. The van der Waals surface area contributed by atoms with Crippen molar-refractivity contribution >= 4 is 5.91 Å². The van der Waals surface area contributed by atoms with Crippen molar-refractivity contribution < 1.29 is 9.90 Å². The normalized spacial score (nSPS) is 19.1. The highest BCUT2D eigenvalue weighted by atomic mass is 16.3. The fourth-order valence-corrected chi connectivity index (χ4v) is 3.67. The number of aryl methyl sites for hydroxylation is 2. The van der Waals surface area contributed by atoms with E-state index in [4.69, 9.17) is 0 Å². The Bertz CT molecular complexity index is 694. The number of hydrogen-bond donors (Lipinski definition) is 1. The lowest BCUT2D eigenvalue weighted by Crippen LogP contribution is -2.63. The number of nitrogens with zero attached hydrogens (tertiary/aromatic N) is 3. The molecular formula is C18H21N3O2. The molecule has 0 saturated carbocycles. The maximum atomic E-state index is 12.6. The molecule has 23 heavy (non-hydrogen) atoms. The summed E-state index contributed by atoms with van der Waals surface area (Å²) in [6.45, 7) is 2.11. The van der Waals surface area contributed by atoms with E-state index >= 15 is 0 Å². The van der Waals surface area contributed by atoms with E-state index in [1.807, 2.05) is 36.5 Å². The van der Waals surface area contributed by atoms with E-state index in [0.29, 0.717) is 18.8 Å². The molecule has 4 rings (SSSR count). The van der Waals surface area contributed by atoms with Crippen molar-refractivity contribution in [3.05, 3.63) is 53.6 Å². The SMILES string of the molecule is O=C(c1cn2c(n1)CCCC2)N1CC(CO)(c2ccccc2)C1. The van der Waals surface area contributed by atoms with Gasteiger partial charge >= 0.3 is 0 Å². The van der Waals surface area contributed by atoms with Crippen molar-refractivity contribution in [2.45, 2.75) is 31.2 Å². The molecule has 3 heterocycles. The summed E-state index contributed by atoms with van der Waals surface area (Å²) in [6, 6.07) is 9.95. The zero-order valence-corrected chi connectivity index (χ0v) is 13.1. The molecule has 1 aromatic heterocycles. The Morgan fingerprint density at radius 2 is 2.00 bits per heavy atom. The van der Waals surface area contributed by atoms with Gasteiger partial charge in [0.2, 0.25) is 0 Å². The van der Waals surface area contributed by atoms with Crippen molar-refractivity contribution in [1.29, 1.82) is 0 Å². The van der Waals surface area contributed by atoms with Gasteiger partial charge in [-0.1, -0.05) is 30.3 Å². The maximum absolute atomic E-state index is 12.6. The van der Waals surface area contributed by atoms with Gasteiger partial charge in [0.1, 0.15) is 11.5 Å². The number of amides is 1. The molecule has 1 aromatic carbocycles. The van der Waals surface area contributed by atoms with E-state index in [2.05, 4.69) is 9.55 Å². The van der Waals surface area contributed by atoms with Crippen LogP contribution in [0, 0.1) is 0 Å². The molecule has 5 nitrogen and oxygen atoms in total. The molecule has 0 aliphatic carbocycles. The smallest absolute Gasteiger partial charge is 0.274 e. The van der Waals surface area contributed by atoms with Gasteiger partial charge in [-0.15, -0.1) is 0 Å². The van der Waals surface area contributed by atoms with Crippen molar-refractivity contribution in [3.63, 3.8) is 0 Å². The molecular weight excluding hydrogens is 290 g/mol. The number of aromatic nitrogens is 2. The number of benzene rings is 1. The van der Waals surface area contributed by atoms with Crippen LogP contribution in [0.2, 0.25) is 0 Å². The van der Waals surface area contributed by atoms with E-state index in [0.717, 1.165) is 37.2 Å². The molecule has 1 saturated heterocycles. The summed E-state index contributed by atoms with van der Waals surface area (Å²) in [6.07, 6.45) is 5.15. The molecule has 1 amide bonds. The Morgan fingerprint density at radius 1 is 1.22 bits per heavy atom. The number of aliphatic hydroxyl groups is 1. The number of rotatable bonds is 3. The zero-order valence-electron chi connectivity index (χ0n) is 13.1. The number of imidazole rings is 1. The van der Waals surface area contributed by atoms with Crippen LogP contribution in [-0.4, -0.2) is 45.2 Å². The summed E-state index contributed by atoms with van der Waals surface area (Å²) in [4.78, 5) is 18.9. The van der Waals surface area contributed by atoms with Crippen LogP contribution in [0.5, 0.6) is 0 Å². The van der Waals surface area contributed by atoms with Crippen LogP contribution in [0.15, 0.2) is 36.5 Å². The van der Waals surface area contributed by atoms with E-state index < -0.39 is 0 Å². The molecule has 1 N–H and O–H groups in total. The maximum Gasteiger partial charge on any atom is 0.274 e. The minimum absolute atomic E-state index is 0.0214. The van der Waals surface area contributed by atoms with Crippen molar-refractivity contribution in [3.8, 4) is 0 Å². The lowest BCUT2D eigenvalue weighted by Gasteiger charge is -2.49. The average molecular weight is 311 g/mol. The summed E-state index contributed by atoms with van der Waals surface area (Å²) >= 11 is 0. The Kier molecular flexibility index (Phi) is 3.45. The lowest BCUT2D eigenvalue weighted by atomic mass is 9.74. The van der Waals surface area contributed by atoms with E-state index in [-0.39, 0.29) is 17.9 Å². The summed E-state index contributed by atoms with van der Waals surface area (Å²) < 4.78 is 2.10. The van der Waals surface area contributed by atoms with E-state index in [1.54, 1.807) is 4.90 Å². The molecule has 0 atom stereocenters. The number of fused-ring (bicyclic) bond motifs is 1. The predicted molar refractivity (Wildman–Crippen MR) is 86.3 cm³/mol. The van der Waals surface area contributed by atoms with Crippen LogP contribution in [0.25, 0.3) is 0 Å². The molecule has 1 fully saturated rings. The molecule has 5 heteroatoms. The van der Waals surface area contributed by atoms with Gasteiger partial charge in [-0.2, -0.15) is 0 Å². The van der Waals surface area contributed by atoms with Gasteiger partial charge in [0.15, 0.2) is 0 Å². The second kappa shape index (κ2) is 5.49. The Hall–Kier alpha value is -2.14. The first-order chi connectivity index (χ1) is 11.2. The zero-order chi connectivity index (χ0) is 15.9. The molecule has 2 aliphatic heterocycles. The third-order valence-electron chi connectivity index (χ3n) is 5.09. The minimum atomic E-state index is -0.323. The standard InChI is InChI=1S/C18H21N3O2/c22-13-18(14-6-2-1-3-7-14)11-21(12-18)17(23)15-10-20-9-5-4-8-16(20)19-15/h1-3,6-7,10,22H,4-5,8-9,11-13H2. The number of carbonyl (C=O) groups is 1. The van der Waals surface area contributed by atoms with E-state index in [1.165, 1.54) is 0 Å². The van der Waals surface area contributed by atoms with Crippen molar-refractivity contribution in [2.24, 2.45) is 0 Å². The Morgan fingerprint density at radius 3 is 2.70 bits per heavy atom. The summed E-state index contributed by atoms with van der Waals surface area (Å²) in [7, 11) is 0. The van der Waals surface area contributed by atoms with Gasteiger partial charge in [0, 0.05) is 32.3 Å². The summed E-state index contributed by atoms with van der Waals surface area (Å²) in [5, 5.41) is 9.83. The first kappa shape index (κ1) is 14.5. The topological polar surface area (TPSA) is 58.4 Å². The summed E-state index contributed by atoms with van der Waals surface area (Å²) in [5.41, 5.74) is 1.31. The summed E-state index contributed by atoms with van der Waals surface area (Å²) in [5.74, 6) is 1.00.